The number of rotatable bonds is 5. The average molecular weight is 332 g/mol. The third-order valence-corrected chi connectivity index (χ3v) is 3.66. The molecule has 0 unspecified atom stereocenters. The van der Waals surface area contributed by atoms with Crippen LogP contribution in [0.3, 0.4) is 0 Å². The second-order valence-corrected chi connectivity index (χ2v) is 5.56. The fourth-order valence-corrected chi connectivity index (χ4v) is 2.45. The summed E-state index contributed by atoms with van der Waals surface area (Å²) in [6.07, 6.45) is 5.46. The van der Waals surface area contributed by atoms with Crippen molar-refractivity contribution in [3.63, 3.8) is 0 Å². The smallest absolute Gasteiger partial charge is 0.223 e. The predicted octanol–water partition coefficient (Wildman–Crippen LogP) is 3.24. The van der Waals surface area contributed by atoms with Gasteiger partial charge in [-0.25, -0.2) is 14.6 Å². The van der Waals surface area contributed by atoms with Gasteiger partial charge < -0.3 is 9.84 Å². The lowest BCUT2D eigenvalue weighted by Gasteiger charge is -2.03. The number of nitrogens with one attached hydrogen (secondary N) is 1. The molecular weight excluding hydrogens is 316 g/mol. The van der Waals surface area contributed by atoms with Crippen LogP contribution >= 0.6 is 0 Å². The summed E-state index contributed by atoms with van der Waals surface area (Å²) in [4.78, 5) is 8.78. The Labute approximate surface area is 144 Å². The fourth-order valence-electron chi connectivity index (χ4n) is 2.45. The summed E-state index contributed by atoms with van der Waals surface area (Å²) < 4.78 is 6.87. The highest BCUT2D eigenvalue weighted by Gasteiger charge is 2.07. The Morgan fingerprint density at radius 2 is 2.04 bits per heavy atom. The van der Waals surface area contributed by atoms with Crippen molar-refractivity contribution in [2.75, 3.05) is 5.32 Å². The second kappa shape index (κ2) is 6.56. The number of hydrogen-bond acceptors (Lipinski definition) is 6. The lowest BCUT2D eigenvalue weighted by atomic mass is 10.2. The lowest BCUT2D eigenvalue weighted by Crippen LogP contribution is -2.04. The summed E-state index contributed by atoms with van der Waals surface area (Å²) in [6, 6.07) is 13.7. The fraction of sp³-hybridized carbons (Fsp3) is 0.111. The zero-order valence-electron chi connectivity index (χ0n) is 13.6. The zero-order chi connectivity index (χ0) is 17.1. The van der Waals surface area contributed by atoms with Crippen LogP contribution in [0, 0.1) is 6.92 Å². The number of benzene rings is 1. The molecule has 1 N–H and O–H groups in total. The highest BCUT2D eigenvalue weighted by Crippen LogP contribution is 2.19. The van der Waals surface area contributed by atoms with E-state index in [0.717, 1.165) is 28.4 Å². The van der Waals surface area contributed by atoms with Gasteiger partial charge in [0.15, 0.2) is 0 Å². The summed E-state index contributed by atoms with van der Waals surface area (Å²) in [7, 11) is 0. The maximum atomic E-state index is 5.05. The highest BCUT2D eigenvalue weighted by atomic mass is 16.5. The monoisotopic (exact) mass is 332 g/mol. The first-order chi connectivity index (χ1) is 12.3. The van der Waals surface area contributed by atoms with Crippen molar-refractivity contribution in [2.24, 2.45) is 0 Å². The SMILES string of the molecule is Cc1cc(CNc2nccc(-c3cnn(-c4ccccc4)c3)n2)no1. The van der Waals surface area contributed by atoms with Crippen molar-refractivity contribution < 1.29 is 4.52 Å². The number of hydrogen-bond donors (Lipinski definition) is 1. The predicted molar refractivity (Wildman–Crippen MR) is 93.2 cm³/mol. The van der Waals surface area contributed by atoms with E-state index in [-0.39, 0.29) is 0 Å². The van der Waals surface area contributed by atoms with Gasteiger partial charge in [0.25, 0.3) is 0 Å². The molecule has 0 fully saturated rings. The van der Waals surface area contributed by atoms with Crippen LogP contribution in [0.5, 0.6) is 0 Å². The molecule has 7 heteroatoms. The number of para-hydroxylation sites is 1. The van der Waals surface area contributed by atoms with E-state index in [2.05, 4.69) is 25.5 Å². The maximum absolute atomic E-state index is 5.05. The van der Waals surface area contributed by atoms with Crippen LogP contribution in [0.25, 0.3) is 16.9 Å². The topological polar surface area (TPSA) is 81.7 Å². The van der Waals surface area contributed by atoms with Gasteiger partial charge in [0.2, 0.25) is 5.95 Å². The third kappa shape index (κ3) is 3.40. The molecule has 3 heterocycles. The molecule has 3 aromatic heterocycles. The van der Waals surface area contributed by atoms with Gasteiger partial charge >= 0.3 is 0 Å². The van der Waals surface area contributed by atoms with Crippen molar-refractivity contribution in [2.45, 2.75) is 13.5 Å². The molecule has 0 aliphatic rings. The minimum absolute atomic E-state index is 0.504. The molecule has 4 rings (SSSR count). The molecule has 0 saturated carbocycles. The molecule has 7 nitrogen and oxygen atoms in total. The zero-order valence-corrected chi connectivity index (χ0v) is 13.6. The van der Waals surface area contributed by atoms with E-state index in [1.165, 1.54) is 0 Å². The van der Waals surface area contributed by atoms with E-state index in [1.807, 2.05) is 60.3 Å². The first-order valence-electron chi connectivity index (χ1n) is 7.87. The van der Waals surface area contributed by atoms with Crippen molar-refractivity contribution in [1.29, 1.82) is 0 Å². The first kappa shape index (κ1) is 15.1. The number of anilines is 1. The largest absolute Gasteiger partial charge is 0.361 e. The second-order valence-electron chi connectivity index (χ2n) is 5.56. The Hall–Kier alpha value is -3.48. The molecule has 1 aromatic carbocycles. The molecule has 124 valence electrons. The van der Waals surface area contributed by atoms with Crippen molar-refractivity contribution >= 4 is 5.95 Å². The quantitative estimate of drug-likeness (QED) is 0.604. The molecule has 0 radical (unpaired) electrons. The van der Waals surface area contributed by atoms with Crippen LogP contribution in [-0.2, 0) is 6.54 Å². The van der Waals surface area contributed by atoms with Crippen LogP contribution in [-0.4, -0.2) is 24.9 Å². The van der Waals surface area contributed by atoms with Crippen LogP contribution in [0.15, 0.2) is 65.6 Å². The Kier molecular flexibility index (Phi) is 3.96. The van der Waals surface area contributed by atoms with Gasteiger partial charge in [0.1, 0.15) is 11.5 Å². The Bertz CT molecular complexity index is 976. The minimum atomic E-state index is 0.504. The van der Waals surface area contributed by atoms with Crippen molar-refractivity contribution in [1.82, 2.24) is 24.9 Å². The van der Waals surface area contributed by atoms with E-state index in [9.17, 15) is 0 Å². The van der Waals surface area contributed by atoms with Crippen molar-refractivity contribution in [3.8, 4) is 16.9 Å². The summed E-state index contributed by atoms with van der Waals surface area (Å²) in [5.41, 5.74) is 3.54. The van der Waals surface area contributed by atoms with E-state index in [0.29, 0.717) is 12.5 Å². The van der Waals surface area contributed by atoms with Crippen molar-refractivity contribution in [3.05, 3.63) is 72.5 Å². The van der Waals surface area contributed by atoms with Crippen LogP contribution in [0.1, 0.15) is 11.5 Å². The van der Waals surface area contributed by atoms with Gasteiger partial charge in [-0.15, -0.1) is 0 Å². The molecule has 0 atom stereocenters. The molecule has 25 heavy (non-hydrogen) atoms. The van der Waals surface area contributed by atoms with E-state index >= 15 is 0 Å². The van der Waals surface area contributed by atoms with E-state index in [4.69, 9.17) is 4.52 Å². The highest BCUT2D eigenvalue weighted by molar-refractivity contribution is 5.58. The molecular formula is C18H16N6O. The Morgan fingerprint density at radius 1 is 1.16 bits per heavy atom. The lowest BCUT2D eigenvalue weighted by molar-refractivity contribution is 0.391. The van der Waals surface area contributed by atoms with Gasteiger partial charge in [0.05, 0.1) is 24.1 Å². The van der Waals surface area contributed by atoms with E-state index in [1.54, 1.807) is 12.4 Å². The summed E-state index contributed by atoms with van der Waals surface area (Å²) in [5, 5.41) is 11.5. The molecule has 4 aromatic rings. The van der Waals surface area contributed by atoms with Crippen LogP contribution in [0.4, 0.5) is 5.95 Å². The third-order valence-electron chi connectivity index (χ3n) is 3.66. The molecule has 0 aliphatic heterocycles. The summed E-state index contributed by atoms with van der Waals surface area (Å²) in [5.74, 6) is 1.31. The van der Waals surface area contributed by atoms with E-state index < -0.39 is 0 Å². The van der Waals surface area contributed by atoms with Gasteiger partial charge in [0, 0.05) is 24.0 Å². The number of aryl methyl sites for hydroxylation is 1. The Balaban J connectivity index is 1.52. The molecule has 0 bridgehead atoms. The van der Waals surface area contributed by atoms with Gasteiger partial charge in [-0.1, -0.05) is 23.4 Å². The van der Waals surface area contributed by atoms with Crippen LogP contribution in [0.2, 0.25) is 0 Å². The normalized spacial score (nSPS) is 10.8. The molecule has 0 aliphatic carbocycles. The molecule has 0 saturated heterocycles. The van der Waals surface area contributed by atoms with Gasteiger partial charge in [-0.05, 0) is 25.1 Å². The molecule has 0 amide bonds. The average Bonchev–Trinajstić information content (AvgIpc) is 3.30. The standard InChI is InChI=1S/C18H16N6O/c1-13-9-15(23-25-13)11-20-18-19-8-7-17(22-18)14-10-21-24(12-14)16-5-3-2-4-6-16/h2-10,12H,11H2,1H3,(H,19,20,22). The Morgan fingerprint density at radius 3 is 2.84 bits per heavy atom. The van der Waals surface area contributed by atoms with Gasteiger partial charge in [-0.3, -0.25) is 0 Å². The maximum Gasteiger partial charge on any atom is 0.223 e. The van der Waals surface area contributed by atoms with Gasteiger partial charge in [-0.2, -0.15) is 5.10 Å². The molecule has 0 spiro atoms. The summed E-state index contributed by atoms with van der Waals surface area (Å²) >= 11 is 0. The van der Waals surface area contributed by atoms with Crippen LogP contribution < -0.4 is 5.32 Å². The number of nitrogens with zero attached hydrogens (tertiary/aromatic N) is 5. The first-order valence-corrected chi connectivity index (χ1v) is 7.87. The number of aromatic nitrogens is 5. The summed E-state index contributed by atoms with van der Waals surface area (Å²) in [6.45, 7) is 2.36. The minimum Gasteiger partial charge on any atom is -0.361 e.